The molecule has 25 heavy (non-hydrogen) atoms. The van der Waals surface area contributed by atoms with Crippen LogP contribution < -0.4 is 0 Å². The van der Waals surface area contributed by atoms with Crippen LogP contribution in [0.1, 0.15) is 44.0 Å². The van der Waals surface area contributed by atoms with Gasteiger partial charge in [0.25, 0.3) is 5.91 Å². The zero-order valence-corrected chi connectivity index (χ0v) is 14.8. The SMILES string of the molecule is CC(C)(C)C1CCN(C(=O)c2cnn(-c3ccc(F)cc3F)c2)CC1. The predicted molar refractivity (Wildman–Crippen MR) is 91.6 cm³/mol. The maximum absolute atomic E-state index is 13.9. The van der Waals surface area contributed by atoms with Crippen LogP contribution >= 0.6 is 0 Å². The van der Waals surface area contributed by atoms with Crippen molar-refractivity contribution in [1.29, 1.82) is 0 Å². The topological polar surface area (TPSA) is 38.1 Å². The average molecular weight is 347 g/mol. The smallest absolute Gasteiger partial charge is 0.257 e. The molecule has 0 atom stereocenters. The van der Waals surface area contributed by atoms with Crippen LogP contribution in [0.3, 0.4) is 0 Å². The molecule has 0 spiro atoms. The molecule has 1 aromatic heterocycles. The van der Waals surface area contributed by atoms with Crippen molar-refractivity contribution in [3.05, 3.63) is 47.8 Å². The normalized spacial score (nSPS) is 16.3. The summed E-state index contributed by atoms with van der Waals surface area (Å²) in [5, 5.41) is 4.05. The minimum absolute atomic E-state index is 0.0962. The Kier molecular flexibility index (Phi) is 4.62. The summed E-state index contributed by atoms with van der Waals surface area (Å²) in [4.78, 5) is 14.5. The van der Waals surface area contributed by atoms with E-state index in [-0.39, 0.29) is 17.0 Å². The summed E-state index contributed by atoms with van der Waals surface area (Å²) in [6, 6.07) is 3.27. The monoisotopic (exact) mass is 347 g/mol. The molecule has 0 aliphatic carbocycles. The summed E-state index contributed by atoms with van der Waals surface area (Å²) in [7, 11) is 0. The second kappa shape index (κ2) is 6.58. The second-order valence-corrected chi connectivity index (χ2v) is 7.70. The van der Waals surface area contributed by atoms with E-state index in [0.29, 0.717) is 11.5 Å². The van der Waals surface area contributed by atoms with Gasteiger partial charge in [-0.25, -0.2) is 13.5 Å². The molecule has 1 amide bonds. The molecule has 4 nitrogen and oxygen atoms in total. The first kappa shape index (κ1) is 17.6. The standard InChI is InChI=1S/C19H23F2N3O/c1-19(2,3)14-6-8-23(9-7-14)18(25)13-11-22-24(12-13)17-5-4-15(20)10-16(17)21/h4-5,10-12,14H,6-9H2,1-3H3. The predicted octanol–water partition coefficient (Wildman–Crippen LogP) is 4.05. The van der Waals surface area contributed by atoms with Crippen molar-refractivity contribution in [2.75, 3.05) is 13.1 Å². The van der Waals surface area contributed by atoms with Crippen LogP contribution in [-0.4, -0.2) is 33.7 Å². The van der Waals surface area contributed by atoms with Crippen molar-refractivity contribution in [2.45, 2.75) is 33.6 Å². The van der Waals surface area contributed by atoms with Gasteiger partial charge in [0.2, 0.25) is 0 Å². The Labute approximate surface area is 146 Å². The van der Waals surface area contributed by atoms with Gasteiger partial charge in [-0.05, 0) is 36.3 Å². The lowest BCUT2D eigenvalue weighted by atomic mass is 9.75. The summed E-state index contributed by atoms with van der Waals surface area (Å²) >= 11 is 0. The molecule has 1 aliphatic rings. The van der Waals surface area contributed by atoms with Gasteiger partial charge in [-0.2, -0.15) is 5.10 Å². The minimum Gasteiger partial charge on any atom is -0.339 e. The lowest BCUT2D eigenvalue weighted by Gasteiger charge is -2.38. The van der Waals surface area contributed by atoms with Crippen LogP contribution in [-0.2, 0) is 0 Å². The van der Waals surface area contributed by atoms with Crippen LogP contribution in [0.15, 0.2) is 30.6 Å². The molecule has 2 heterocycles. The highest BCUT2D eigenvalue weighted by Gasteiger charge is 2.31. The molecule has 0 radical (unpaired) electrons. The molecule has 134 valence electrons. The Hall–Kier alpha value is -2.24. The van der Waals surface area contributed by atoms with Gasteiger partial charge in [-0.15, -0.1) is 0 Å². The van der Waals surface area contributed by atoms with Gasteiger partial charge in [0.15, 0.2) is 5.82 Å². The number of hydrogen-bond donors (Lipinski definition) is 0. The molecule has 0 saturated carbocycles. The number of carbonyl (C=O) groups is 1. The van der Waals surface area contributed by atoms with Gasteiger partial charge in [0.1, 0.15) is 11.5 Å². The summed E-state index contributed by atoms with van der Waals surface area (Å²) in [6.45, 7) is 8.14. The molecule has 2 aromatic rings. The van der Waals surface area contributed by atoms with Gasteiger partial charge >= 0.3 is 0 Å². The number of carbonyl (C=O) groups excluding carboxylic acids is 1. The largest absolute Gasteiger partial charge is 0.339 e. The number of halogens is 2. The highest BCUT2D eigenvalue weighted by atomic mass is 19.1. The highest BCUT2D eigenvalue weighted by Crippen LogP contribution is 2.34. The molecule has 6 heteroatoms. The van der Waals surface area contributed by atoms with E-state index >= 15 is 0 Å². The number of amides is 1. The molecule has 0 bridgehead atoms. The lowest BCUT2D eigenvalue weighted by molar-refractivity contribution is 0.0608. The Morgan fingerprint density at radius 1 is 1.20 bits per heavy atom. The summed E-state index contributed by atoms with van der Waals surface area (Å²) < 4.78 is 28.2. The maximum Gasteiger partial charge on any atom is 0.257 e. The van der Waals surface area contributed by atoms with E-state index < -0.39 is 11.6 Å². The maximum atomic E-state index is 13.9. The van der Waals surface area contributed by atoms with E-state index in [1.807, 2.05) is 4.90 Å². The first-order valence-corrected chi connectivity index (χ1v) is 8.55. The highest BCUT2D eigenvalue weighted by molar-refractivity contribution is 5.93. The van der Waals surface area contributed by atoms with Crippen molar-refractivity contribution < 1.29 is 13.6 Å². The fraction of sp³-hybridized carbons (Fsp3) is 0.474. The lowest BCUT2D eigenvalue weighted by Crippen LogP contribution is -2.41. The number of rotatable bonds is 2. The van der Waals surface area contributed by atoms with Crippen molar-refractivity contribution in [3.63, 3.8) is 0 Å². The second-order valence-electron chi connectivity index (χ2n) is 7.70. The van der Waals surface area contributed by atoms with Crippen LogP contribution in [0.5, 0.6) is 0 Å². The summed E-state index contributed by atoms with van der Waals surface area (Å²) in [6.07, 6.45) is 4.89. The average Bonchev–Trinajstić information content (AvgIpc) is 3.03. The Morgan fingerprint density at radius 2 is 1.88 bits per heavy atom. The van der Waals surface area contributed by atoms with Gasteiger partial charge in [0.05, 0.1) is 11.8 Å². The van der Waals surface area contributed by atoms with Crippen LogP contribution in [0.2, 0.25) is 0 Å². The number of hydrogen-bond acceptors (Lipinski definition) is 2. The zero-order chi connectivity index (χ0) is 18.2. The third-order valence-corrected chi connectivity index (χ3v) is 4.99. The Balaban J connectivity index is 1.71. The Morgan fingerprint density at radius 3 is 2.48 bits per heavy atom. The first-order valence-electron chi connectivity index (χ1n) is 8.55. The minimum atomic E-state index is -0.715. The van der Waals surface area contributed by atoms with Crippen molar-refractivity contribution in [3.8, 4) is 5.69 Å². The molecule has 0 N–H and O–H groups in total. The van der Waals surface area contributed by atoms with Crippen LogP contribution in [0.25, 0.3) is 5.69 Å². The third-order valence-electron chi connectivity index (χ3n) is 4.99. The molecular weight excluding hydrogens is 324 g/mol. The van der Waals surface area contributed by atoms with E-state index in [1.54, 1.807) is 0 Å². The van der Waals surface area contributed by atoms with Crippen LogP contribution in [0.4, 0.5) is 8.78 Å². The zero-order valence-electron chi connectivity index (χ0n) is 14.8. The van der Waals surface area contributed by atoms with Crippen LogP contribution in [0, 0.1) is 23.0 Å². The fourth-order valence-electron chi connectivity index (χ4n) is 3.36. The van der Waals surface area contributed by atoms with E-state index in [4.69, 9.17) is 0 Å². The van der Waals surface area contributed by atoms with Gasteiger partial charge < -0.3 is 4.90 Å². The first-order chi connectivity index (χ1) is 11.8. The molecule has 1 aromatic carbocycles. The fourth-order valence-corrected chi connectivity index (χ4v) is 3.36. The van der Waals surface area contributed by atoms with E-state index in [0.717, 1.165) is 32.0 Å². The molecule has 1 saturated heterocycles. The number of likely N-dealkylation sites (tertiary alicyclic amines) is 1. The van der Waals surface area contributed by atoms with E-state index in [1.165, 1.54) is 29.2 Å². The molecule has 0 unspecified atom stereocenters. The third kappa shape index (κ3) is 3.72. The van der Waals surface area contributed by atoms with E-state index in [2.05, 4.69) is 25.9 Å². The summed E-state index contributed by atoms with van der Waals surface area (Å²) in [5.74, 6) is -0.853. The molecular formula is C19H23F2N3O. The van der Waals surface area contributed by atoms with Gasteiger partial charge in [-0.1, -0.05) is 20.8 Å². The van der Waals surface area contributed by atoms with Crippen molar-refractivity contribution in [2.24, 2.45) is 11.3 Å². The van der Waals surface area contributed by atoms with Crippen molar-refractivity contribution in [1.82, 2.24) is 14.7 Å². The molecule has 1 fully saturated rings. The Bertz CT molecular complexity index is 771. The van der Waals surface area contributed by atoms with E-state index in [9.17, 15) is 13.6 Å². The number of benzene rings is 1. The van der Waals surface area contributed by atoms with Crippen molar-refractivity contribution >= 4 is 5.91 Å². The quantitative estimate of drug-likeness (QED) is 0.822. The molecule has 3 rings (SSSR count). The summed E-state index contributed by atoms with van der Waals surface area (Å²) in [5.41, 5.74) is 0.782. The van der Waals surface area contributed by atoms with Gasteiger partial charge in [-0.3, -0.25) is 4.79 Å². The number of nitrogens with zero attached hydrogens (tertiary/aromatic N) is 3. The van der Waals surface area contributed by atoms with Gasteiger partial charge in [0, 0.05) is 25.4 Å². The number of aromatic nitrogens is 2. The number of piperidine rings is 1. The molecule has 1 aliphatic heterocycles.